The summed E-state index contributed by atoms with van der Waals surface area (Å²) < 4.78 is 1.13. The molecule has 0 atom stereocenters. The highest BCUT2D eigenvalue weighted by Gasteiger charge is 2.19. The van der Waals surface area contributed by atoms with Gasteiger partial charge in [0.1, 0.15) is 5.82 Å². The van der Waals surface area contributed by atoms with Gasteiger partial charge in [-0.3, -0.25) is 0 Å². The molecule has 0 spiro atoms. The van der Waals surface area contributed by atoms with E-state index in [0.717, 1.165) is 47.6 Å². The maximum Gasteiger partial charge on any atom is 0.229 e. The number of para-hydroxylation sites is 1. The minimum absolute atomic E-state index is 0.658. The van der Waals surface area contributed by atoms with Crippen LogP contribution < -0.4 is 10.2 Å². The molecule has 1 aromatic heterocycles. The number of hydrogen-bond donors (Lipinski definition) is 1. The van der Waals surface area contributed by atoms with Crippen LogP contribution in [0.2, 0.25) is 0 Å². The number of hydrogen-bond acceptors (Lipinski definition) is 4. The van der Waals surface area contributed by atoms with Gasteiger partial charge in [0.2, 0.25) is 5.95 Å². The first-order valence-electron chi connectivity index (χ1n) is 8.93. The van der Waals surface area contributed by atoms with Crippen LogP contribution in [0.3, 0.4) is 0 Å². The standard InChI is InChI=1S/C21H21BrN4/c1-2-18-13-20(25-21(23-18)24-19-6-4-3-5-7-19)26-11-10-15-8-9-17(22)12-16(15)14-26/h3-9,12-13H,2,10-11,14H2,1H3,(H,23,24,25). The van der Waals surface area contributed by atoms with Gasteiger partial charge in [-0.2, -0.15) is 4.98 Å². The average molecular weight is 409 g/mol. The van der Waals surface area contributed by atoms with Crippen LogP contribution in [0.5, 0.6) is 0 Å². The first-order chi connectivity index (χ1) is 12.7. The number of halogens is 1. The zero-order valence-electron chi connectivity index (χ0n) is 14.7. The molecule has 3 aromatic rings. The van der Waals surface area contributed by atoms with E-state index in [1.54, 1.807) is 0 Å². The fourth-order valence-electron chi connectivity index (χ4n) is 3.25. The second-order valence-electron chi connectivity index (χ2n) is 6.47. The van der Waals surface area contributed by atoms with Crippen LogP contribution in [0.15, 0.2) is 59.1 Å². The molecular weight excluding hydrogens is 388 g/mol. The van der Waals surface area contributed by atoms with Gasteiger partial charge in [0, 0.05) is 35.0 Å². The van der Waals surface area contributed by atoms with Crippen molar-refractivity contribution in [1.82, 2.24) is 9.97 Å². The molecule has 2 heterocycles. The van der Waals surface area contributed by atoms with Crippen LogP contribution in [0.1, 0.15) is 23.7 Å². The normalized spacial score (nSPS) is 13.4. The molecule has 0 fully saturated rings. The molecular formula is C21H21BrN4. The van der Waals surface area contributed by atoms with Crippen molar-refractivity contribution in [2.45, 2.75) is 26.3 Å². The van der Waals surface area contributed by atoms with E-state index in [-0.39, 0.29) is 0 Å². The molecule has 0 saturated carbocycles. The van der Waals surface area contributed by atoms with E-state index < -0.39 is 0 Å². The van der Waals surface area contributed by atoms with Gasteiger partial charge in [0.05, 0.1) is 0 Å². The number of rotatable bonds is 4. The lowest BCUT2D eigenvalue weighted by molar-refractivity contribution is 0.718. The van der Waals surface area contributed by atoms with Crippen molar-refractivity contribution in [3.05, 3.63) is 75.9 Å². The predicted octanol–water partition coefficient (Wildman–Crippen LogP) is 5.11. The van der Waals surface area contributed by atoms with Gasteiger partial charge < -0.3 is 10.2 Å². The Labute approximate surface area is 162 Å². The summed E-state index contributed by atoms with van der Waals surface area (Å²) in [5, 5.41) is 3.33. The third-order valence-corrected chi connectivity index (χ3v) is 5.16. The Hall–Kier alpha value is -2.40. The Balaban J connectivity index is 1.63. The lowest BCUT2D eigenvalue weighted by atomic mass is 10.00. The molecule has 0 saturated heterocycles. The molecule has 4 rings (SSSR count). The Morgan fingerprint density at radius 3 is 2.69 bits per heavy atom. The van der Waals surface area contributed by atoms with E-state index in [2.05, 4.69) is 62.3 Å². The summed E-state index contributed by atoms with van der Waals surface area (Å²) >= 11 is 3.58. The Kier molecular flexibility index (Phi) is 4.89. The van der Waals surface area contributed by atoms with Crippen molar-refractivity contribution in [2.75, 3.05) is 16.8 Å². The van der Waals surface area contributed by atoms with E-state index in [4.69, 9.17) is 4.98 Å². The summed E-state index contributed by atoms with van der Waals surface area (Å²) in [6, 6.07) is 18.7. The summed E-state index contributed by atoms with van der Waals surface area (Å²) in [7, 11) is 0. The molecule has 132 valence electrons. The number of anilines is 3. The lowest BCUT2D eigenvalue weighted by Gasteiger charge is -2.30. The third-order valence-electron chi connectivity index (χ3n) is 4.66. The molecule has 0 amide bonds. The van der Waals surface area contributed by atoms with Crippen molar-refractivity contribution >= 4 is 33.4 Å². The molecule has 0 aliphatic carbocycles. The van der Waals surface area contributed by atoms with Crippen LogP contribution in [0.25, 0.3) is 0 Å². The van der Waals surface area contributed by atoms with Crippen LogP contribution in [0, 0.1) is 0 Å². The minimum atomic E-state index is 0.658. The zero-order chi connectivity index (χ0) is 17.9. The molecule has 2 aromatic carbocycles. The van der Waals surface area contributed by atoms with Crippen molar-refractivity contribution in [3.63, 3.8) is 0 Å². The van der Waals surface area contributed by atoms with E-state index in [9.17, 15) is 0 Å². The van der Waals surface area contributed by atoms with E-state index in [1.807, 2.05) is 30.3 Å². The first kappa shape index (κ1) is 17.0. The van der Waals surface area contributed by atoms with Crippen LogP contribution >= 0.6 is 15.9 Å². The van der Waals surface area contributed by atoms with E-state index in [0.29, 0.717) is 5.95 Å². The van der Waals surface area contributed by atoms with Crippen LogP contribution in [-0.2, 0) is 19.4 Å². The molecule has 4 nitrogen and oxygen atoms in total. The Bertz CT molecular complexity index is 911. The number of fused-ring (bicyclic) bond motifs is 1. The molecule has 5 heteroatoms. The SMILES string of the molecule is CCc1cc(N2CCc3ccc(Br)cc3C2)nc(Nc2ccccc2)n1. The minimum Gasteiger partial charge on any atom is -0.352 e. The summed E-state index contributed by atoms with van der Waals surface area (Å²) in [6.45, 7) is 3.97. The maximum absolute atomic E-state index is 4.79. The smallest absolute Gasteiger partial charge is 0.229 e. The van der Waals surface area contributed by atoms with Gasteiger partial charge in [-0.25, -0.2) is 4.98 Å². The molecule has 0 radical (unpaired) electrons. The van der Waals surface area contributed by atoms with Gasteiger partial charge >= 0.3 is 0 Å². The molecule has 0 unspecified atom stereocenters. The lowest BCUT2D eigenvalue weighted by Crippen LogP contribution is -2.31. The van der Waals surface area contributed by atoms with Crippen molar-refractivity contribution in [3.8, 4) is 0 Å². The number of aryl methyl sites for hydroxylation is 1. The van der Waals surface area contributed by atoms with Crippen molar-refractivity contribution in [1.29, 1.82) is 0 Å². The number of nitrogens with one attached hydrogen (secondary N) is 1. The molecule has 1 aliphatic heterocycles. The quantitative estimate of drug-likeness (QED) is 0.651. The first-order valence-corrected chi connectivity index (χ1v) is 9.73. The fourth-order valence-corrected chi connectivity index (χ4v) is 3.66. The Morgan fingerprint density at radius 2 is 1.88 bits per heavy atom. The summed E-state index contributed by atoms with van der Waals surface area (Å²) in [5.74, 6) is 1.64. The Morgan fingerprint density at radius 1 is 1.04 bits per heavy atom. The zero-order valence-corrected chi connectivity index (χ0v) is 16.3. The van der Waals surface area contributed by atoms with Gasteiger partial charge in [0.25, 0.3) is 0 Å². The largest absolute Gasteiger partial charge is 0.352 e. The van der Waals surface area contributed by atoms with Crippen molar-refractivity contribution in [2.24, 2.45) is 0 Å². The fraction of sp³-hybridized carbons (Fsp3) is 0.238. The summed E-state index contributed by atoms with van der Waals surface area (Å²) in [5.41, 5.74) is 4.84. The summed E-state index contributed by atoms with van der Waals surface area (Å²) in [6.07, 6.45) is 1.92. The highest BCUT2D eigenvalue weighted by Crippen LogP contribution is 2.27. The van der Waals surface area contributed by atoms with E-state index in [1.165, 1.54) is 11.1 Å². The molecule has 0 bridgehead atoms. The number of aromatic nitrogens is 2. The predicted molar refractivity (Wildman–Crippen MR) is 110 cm³/mol. The number of benzene rings is 2. The average Bonchev–Trinajstić information content (AvgIpc) is 2.68. The van der Waals surface area contributed by atoms with Gasteiger partial charge in [-0.05, 0) is 48.2 Å². The van der Waals surface area contributed by atoms with Crippen LogP contribution in [-0.4, -0.2) is 16.5 Å². The van der Waals surface area contributed by atoms with Crippen molar-refractivity contribution < 1.29 is 0 Å². The summed E-state index contributed by atoms with van der Waals surface area (Å²) in [4.78, 5) is 11.8. The van der Waals surface area contributed by atoms with Crippen LogP contribution in [0.4, 0.5) is 17.5 Å². The van der Waals surface area contributed by atoms with Gasteiger partial charge in [0.15, 0.2) is 0 Å². The maximum atomic E-state index is 4.79. The topological polar surface area (TPSA) is 41.1 Å². The van der Waals surface area contributed by atoms with Gasteiger partial charge in [-0.15, -0.1) is 0 Å². The third kappa shape index (κ3) is 3.73. The highest BCUT2D eigenvalue weighted by molar-refractivity contribution is 9.10. The second-order valence-corrected chi connectivity index (χ2v) is 7.39. The number of nitrogens with zero attached hydrogens (tertiary/aromatic N) is 3. The highest BCUT2D eigenvalue weighted by atomic mass is 79.9. The van der Waals surface area contributed by atoms with Gasteiger partial charge in [-0.1, -0.05) is 47.1 Å². The van der Waals surface area contributed by atoms with E-state index >= 15 is 0 Å². The molecule has 1 N–H and O–H groups in total. The monoisotopic (exact) mass is 408 g/mol. The second kappa shape index (κ2) is 7.46. The molecule has 26 heavy (non-hydrogen) atoms. The molecule has 1 aliphatic rings.